The molecule has 2 rings (SSSR count). The van der Waals surface area contributed by atoms with E-state index in [1.54, 1.807) is 12.1 Å². The number of rotatable bonds is 4. The Balaban J connectivity index is 0.000000351. The van der Waals surface area contributed by atoms with Crippen LogP contribution in [0.5, 0.6) is 5.75 Å². The van der Waals surface area contributed by atoms with Gasteiger partial charge in [0.15, 0.2) is 0 Å². The van der Waals surface area contributed by atoms with Gasteiger partial charge < -0.3 is 14.9 Å². The first-order valence-electron chi connectivity index (χ1n) is 6.63. The standard InChI is InChI=1S/C12H13FN2O2.C2HF3O2/c13-12-3-11(2-1-10(12)4-14)17-8-15-5-9(6-15)7-16;3-2(4,5)1(6)7/h1-3,9,16H,5-8H2;(H,6,7). The Morgan fingerprint density at radius 2 is 2.00 bits per heavy atom. The summed E-state index contributed by atoms with van der Waals surface area (Å²) >= 11 is 0. The maximum absolute atomic E-state index is 13.2. The number of hydrogen-bond acceptors (Lipinski definition) is 5. The van der Waals surface area contributed by atoms with Crippen LogP contribution in [0.15, 0.2) is 18.2 Å². The number of alkyl halides is 3. The van der Waals surface area contributed by atoms with Crippen LogP contribution in [-0.2, 0) is 4.79 Å². The first kappa shape index (κ1) is 19.7. The fraction of sp³-hybridized carbons (Fsp3) is 0.429. The highest BCUT2D eigenvalue weighted by molar-refractivity contribution is 5.73. The highest BCUT2D eigenvalue weighted by atomic mass is 19.4. The minimum Gasteiger partial charge on any atom is -0.478 e. The summed E-state index contributed by atoms with van der Waals surface area (Å²) in [6.07, 6.45) is -5.08. The van der Waals surface area contributed by atoms with Crippen LogP contribution in [0, 0.1) is 23.1 Å². The fourth-order valence-electron chi connectivity index (χ4n) is 1.74. The third-order valence-corrected chi connectivity index (χ3v) is 3.01. The van der Waals surface area contributed by atoms with Crippen molar-refractivity contribution in [2.24, 2.45) is 5.92 Å². The minimum atomic E-state index is -5.08. The highest BCUT2D eigenvalue weighted by Crippen LogP contribution is 2.19. The van der Waals surface area contributed by atoms with Crippen molar-refractivity contribution in [3.8, 4) is 11.8 Å². The molecule has 24 heavy (non-hydrogen) atoms. The molecule has 10 heteroatoms. The maximum atomic E-state index is 13.2. The van der Waals surface area contributed by atoms with Crippen LogP contribution in [0.25, 0.3) is 0 Å². The van der Waals surface area contributed by atoms with Gasteiger partial charge in [0.1, 0.15) is 24.4 Å². The van der Waals surface area contributed by atoms with E-state index in [4.69, 9.17) is 25.0 Å². The number of aliphatic carboxylic acids is 1. The summed E-state index contributed by atoms with van der Waals surface area (Å²) in [5.41, 5.74) is 0.0154. The number of halogens is 4. The predicted molar refractivity (Wildman–Crippen MR) is 72.4 cm³/mol. The molecule has 0 unspecified atom stereocenters. The number of nitriles is 1. The molecule has 132 valence electrons. The molecule has 0 radical (unpaired) electrons. The zero-order chi connectivity index (χ0) is 18.3. The van der Waals surface area contributed by atoms with Gasteiger partial charge in [0.2, 0.25) is 0 Å². The number of carboxylic acids is 1. The third-order valence-electron chi connectivity index (χ3n) is 3.01. The number of benzene rings is 1. The van der Waals surface area contributed by atoms with Crippen molar-refractivity contribution in [3.63, 3.8) is 0 Å². The zero-order valence-corrected chi connectivity index (χ0v) is 12.3. The molecule has 1 heterocycles. The van der Waals surface area contributed by atoms with E-state index in [0.717, 1.165) is 13.1 Å². The lowest BCUT2D eigenvalue weighted by Gasteiger charge is -2.37. The van der Waals surface area contributed by atoms with Crippen molar-refractivity contribution >= 4 is 5.97 Å². The quantitative estimate of drug-likeness (QED) is 0.801. The van der Waals surface area contributed by atoms with Gasteiger partial charge in [-0.3, -0.25) is 4.90 Å². The molecule has 2 N–H and O–H groups in total. The average molecular weight is 350 g/mol. The Morgan fingerprint density at radius 3 is 2.42 bits per heavy atom. The van der Waals surface area contributed by atoms with Gasteiger partial charge in [-0.1, -0.05) is 0 Å². The largest absolute Gasteiger partial charge is 0.490 e. The number of carbonyl (C=O) groups is 1. The monoisotopic (exact) mass is 350 g/mol. The van der Waals surface area contributed by atoms with Gasteiger partial charge in [-0.25, -0.2) is 9.18 Å². The van der Waals surface area contributed by atoms with Gasteiger partial charge in [-0.05, 0) is 12.1 Å². The first-order chi connectivity index (χ1) is 11.2. The molecule has 0 spiro atoms. The molecule has 0 saturated carbocycles. The van der Waals surface area contributed by atoms with Crippen molar-refractivity contribution in [2.75, 3.05) is 26.4 Å². The highest BCUT2D eigenvalue weighted by Gasteiger charge is 2.38. The van der Waals surface area contributed by atoms with E-state index >= 15 is 0 Å². The maximum Gasteiger partial charge on any atom is 0.490 e. The topological polar surface area (TPSA) is 93.8 Å². The van der Waals surface area contributed by atoms with Gasteiger partial charge in [0, 0.05) is 31.7 Å². The van der Waals surface area contributed by atoms with E-state index < -0.39 is 18.0 Å². The van der Waals surface area contributed by atoms with Crippen molar-refractivity contribution in [3.05, 3.63) is 29.6 Å². The molecule has 6 nitrogen and oxygen atoms in total. The van der Waals surface area contributed by atoms with Gasteiger partial charge >= 0.3 is 12.1 Å². The van der Waals surface area contributed by atoms with Crippen molar-refractivity contribution in [1.82, 2.24) is 4.90 Å². The number of aliphatic hydroxyl groups is 1. The SMILES string of the molecule is N#Cc1ccc(OCN2CC(CO)C2)cc1F.O=C(O)C(F)(F)F. The molecule has 1 aliphatic rings. The van der Waals surface area contributed by atoms with Crippen LogP contribution in [0.3, 0.4) is 0 Å². The van der Waals surface area contributed by atoms with E-state index in [0.29, 0.717) is 18.4 Å². The van der Waals surface area contributed by atoms with Crippen LogP contribution < -0.4 is 4.74 Å². The summed E-state index contributed by atoms with van der Waals surface area (Å²) in [7, 11) is 0. The number of likely N-dealkylation sites (tertiary alicyclic amines) is 1. The van der Waals surface area contributed by atoms with E-state index in [1.807, 2.05) is 4.90 Å². The third kappa shape index (κ3) is 6.02. The Kier molecular flexibility index (Phi) is 6.94. The van der Waals surface area contributed by atoms with Gasteiger partial charge in [-0.2, -0.15) is 18.4 Å². The van der Waals surface area contributed by atoms with Crippen molar-refractivity contribution in [1.29, 1.82) is 5.26 Å². The van der Waals surface area contributed by atoms with Gasteiger partial charge in [0.05, 0.1) is 5.56 Å². The second-order valence-electron chi connectivity index (χ2n) is 4.91. The Morgan fingerprint density at radius 1 is 1.42 bits per heavy atom. The molecular formula is C14H14F4N2O4. The van der Waals surface area contributed by atoms with E-state index in [9.17, 15) is 17.6 Å². The summed E-state index contributed by atoms with van der Waals surface area (Å²) in [5, 5.41) is 24.5. The van der Waals surface area contributed by atoms with Gasteiger partial charge in [-0.15, -0.1) is 0 Å². The molecule has 1 aromatic carbocycles. The second kappa shape index (κ2) is 8.47. The lowest BCUT2D eigenvalue weighted by atomic mass is 10.0. The summed E-state index contributed by atoms with van der Waals surface area (Å²) < 4.78 is 50.4. The smallest absolute Gasteiger partial charge is 0.478 e. The number of nitrogens with zero attached hydrogens (tertiary/aromatic N) is 2. The van der Waals surface area contributed by atoms with Gasteiger partial charge in [0.25, 0.3) is 0 Å². The summed E-state index contributed by atoms with van der Waals surface area (Å²) in [6, 6.07) is 5.94. The molecule has 0 bridgehead atoms. The molecule has 0 atom stereocenters. The lowest BCUT2D eigenvalue weighted by molar-refractivity contribution is -0.192. The van der Waals surface area contributed by atoms with Crippen LogP contribution in [-0.4, -0.2) is 53.7 Å². The Bertz CT molecular complexity index is 610. The zero-order valence-electron chi connectivity index (χ0n) is 12.3. The average Bonchev–Trinajstić information content (AvgIpc) is 2.45. The predicted octanol–water partition coefficient (Wildman–Crippen LogP) is 1.59. The summed E-state index contributed by atoms with van der Waals surface area (Å²) in [6.45, 7) is 2.17. The first-order valence-corrected chi connectivity index (χ1v) is 6.63. The van der Waals surface area contributed by atoms with Crippen LogP contribution >= 0.6 is 0 Å². The Labute approximate surface area is 134 Å². The van der Waals surface area contributed by atoms with Crippen molar-refractivity contribution in [2.45, 2.75) is 6.18 Å². The second-order valence-corrected chi connectivity index (χ2v) is 4.91. The van der Waals surface area contributed by atoms with E-state index in [-0.39, 0.29) is 12.2 Å². The van der Waals surface area contributed by atoms with E-state index in [1.165, 1.54) is 12.1 Å². The molecule has 1 fully saturated rings. The fourth-order valence-corrected chi connectivity index (χ4v) is 1.74. The summed E-state index contributed by atoms with van der Waals surface area (Å²) in [5.74, 6) is -2.58. The molecular weight excluding hydrogens is 336 g/mol. The number of aliphatic hydroxyl groups excluding tert-OH is 1. The molecule has 1 aromatic rings. The van der Waals surface area contributed by atoms with E-state index in [2.05, 4.69) is 0 Å². The number of carboxylic acid groups (broad SMARTS) is 1. The molecule has 1 aliphatic heterocycles. The Hall–Kier alpha value is -2.38. The summed E-state index contributed by atoms with van der Waals surface area (Å²) in [4.78, 5) is 10.9. The molecule has 1 saturated heterocycles. The molecule has 0 amide bonds. The van der Waals surface area contributed by atoms with Crippen LogP contribution in [0.1, 0.15) is 5.56 Å². The van der Waals surface area contributed by atoms with Crippen LogP contribution in [0.4, 0.5) is 17.6 Å². The van der Waals surface area contributed by atoms with Crippen molar-refractivity contribution < 1.29 is 37.3 Å². The normalized spacial score (nSPS) is 14.8. The lowest BCUT2D eigenvalue weighted by Crippen LogP contribution is -2.49. The van der Waals surface area contributed by atoms with Crippen LogP contribution in [0.2, 0.25) is 0 Å². The number of hydrogen-bond donors (Lipinski definition) is 2. The molecule has 0 aliphatic carbocycles. The number of ether oxygens (including phenoxy) is 1. The molecule has 0 aromatic heterocycles. The minimum absolute atomic E-state index is 0.0154.